The minimum atomic E-state index is 0.835. The van der Waals surface area contributed by atoms with Crippen molar-refractivity contribution >= 4 is 21.7 Å². The van der Waals surface area contributed by atoms with Crippen LogP contribution >= 0.6 is 15.9 Å². The molecule has 1 heterocycles. The first-order valence-electron chi connectivity index (χ1n) is 6.45. The summed E-state index contributed by atoms with van der Waals surface area (Å²) in [7, 11) is 0. The summed E-state index contributed by atoms with van der Waals surface area (Å²) >= 11 is 3.35. The molecule has 1 aliphatic carbocycles. The minimum absolute atomic E-state index is 0.835. The predicted octanol–water partition coefficient (Wildman–Crippen LogP) is 3.87. The third-order valence-corrected chi connectivity index (χ3v) is 3.97. The van der Waals surface area contributed by atoms with E-state index in [0.29, 0.717) is 0 Å². The summed E-state index contributed by atoms with van der Waals surface area (Å²) in [5.74, 6) is 2.73. The van der Waals surface area contributed by atoms with Crippen molar-refractivity contribution in [2.45, 2.75) is 39.0 Å². The van der Waals surface area contributed by atoms with Gasteiger partial charge < -0.3 is 5.32 Å². The van der Waals surface area contributed by atoms with E-state index in [1.165, 1.54) is 32.1 Å². The van der Waals surface area contributed by atoms with Crippen LogP contribution in [0, 0.1) is 11.8 Å². The molecule has 0 bridgehead atoms. The van der Waals surface area contributed by atoms with E-state index in [4.69, 9.17) is 0 Å². The van der Waals surface area contributed by atoms with Gasteiger partial charge in [0.05, 0.1) is 0 Å². The number of nitrogens with one attached hydrogen (secondary N) is 1. The molecule has 1 saturated carbocycles. The quantitative estimate of drug-likeness (QED) is 0.858. The summed E-state index contributed by atoms with van der Waals surface area (Å²) in [6.07, 6.45) is 8.46. The van der Waals surface area contributed by atoms with Gasteiger partial charge in [-0.25, -0.2) is 9.97 Å². The number of hydrogen-bond acceptors (Lipinski definition) is 3. The second-order valence-corrected chi connectivity index (χ2v) is 5.89. The summed E-state index contributed by atoms with van der Waals surface area (Å²) < 4.78 is 0.835. The molecule has 1 fully saturated rings. The maximum atomic E-state index is 4.18. The molecule has 2 atom stereocenters. The number of halogens is 1. The number of nitrogens with zero attached hydrogens (tertiary/aromatic N) is 2. The lowest BCUT2D eigenvalue weighted by Crippen LogP contribution is -2.16. The van der Waals surface area contributed by atoms with Crippen molar-refractivity contribution in [3.63, 3.8) is 0 Å². The van der Waals surface area contributed by atoms with Gasteiger partial charge in [0.15, 0.2) is 0 Å². The molecule has 94 valence electrons. The lowest BCUT2D eigenvalue weighted by Gasteiger charge is -2.26. The van der Waals surface area contributed by atoms with Crippen molar-refractivity contribution in [2.75, 3.05) is 11.9 Å². The van der Waals surface area contributed by atoms with Gasteiger partial charge in [0.25, 0.3) is 0 Å². The van der Waals surface area contributed by atoms with E-state index in [1.54, 1.807) is 6.33 Å². The third kappa shape index (κ3) is 4.26. The summed E-state index contributed by atoms with van der Waals surface area (Å²) in [5.41, 5.74) is 0. The molecule has 4 heteroatoms. The van der Waals surface area contributed by atoms with Gasteiger partial charge in [-0.2, -0.15) is 0 Å². The largest absolute Gasteiger partial charge is 0.370 e. The first kappa shape index (κ1) is 12.8. The fourth-order valence-electron chi connectivity index (χ4n) is 2.66. The van der Waals surface area contributed by atoms with Crippen molar-refractivity contribution in [3.05, 3.63) is 17.0 Å². The Morgan fingerprint density at radius 1 is 1.41 bits per heavy atom. The van der Waals surface area contributed by atoms with Gasteiger partial charge in [0, 0.05) is 12.6 Å². The highest BCUT2D eigenvalue weighted by molar-refractivity contribution is 9.10. The number of rotatable bonds is 4. The molecule has 0 aliphatic heterocycles. The Hall–Kier alpha value is -0.640. The zero-order valence-electron chi connectivity index (χ0n) is 10.3. The second-order valence-electron chi connectivity index (χ2n) is 5.08. The van der Waals surface area contributed by atoms with Crippen LogP contribution in [0.15, 0.2) is 17.0 Å². The molecule has 0 amide bonds. The smallest absolute Gasteiger partial charge is 0.130 e. The van der Waals surface area contributed by atoms with Crippen LogP contribution in [-0.2, 0) is 0 Å². The van der Waals surface area contributed by atoms with Gasteiger partial charge in [-0.3, -0.25) is 0 Å². The van der Waals surface area contributed by atoms with E-state index in [-0.39, 0.29) is 0 Å². The zero-order valence-corrected chi connectivity index (χ0v) is 11.9. The van der Waals surface area contributed by atoms with Gasteiger partial charge >= 0.3 is 0 Å². The number of hydrogen-bond donors (Lipinski definition) is 1. The van der Waals surface area contributed by atoms with Crippen molar-refractivity contribution in [1.82, 2.24) is 9.97 Å². The highest BCUT2D eigenvalue weighted by Crippen LogP contribution is 2.30. The molecule has 0 spiro atoms. The highest BCUT2D eigenvalue weighted by atomic mass is 79.9. The molecule has 1 aliphatic rings. The van der Waals surface area contributed by atoms with Crippen LogP contribution in [0.1, 0.15) is 39.0 Å². The van der Waals surface area contributed by atoms with E-state index < -0.39 is 0 Å². The predicted molar refractivity (Wildman–Crippen MR) is 74.0 cm³/mol. The van der Waals surface area contributed by atoms with Gasteiger partial charge in [0.2, 0.25) is 0 Å². The van der Waals surface area contributed by atoms with Crippen molar-refractivity contribution in [2.24, 2.45) is 11.8 Å². The fraction of sp³-hybridized carbons (Fsp3) is 0.692. The molecule has 3 nitrogen and oxygen atoms in total. The standard InChI is InChI=1S/C13H20BrN3/c1-10-3-2-4-11(7-10)5-6-15-13-8-12(14)16-9-17-13/h8-11H,2-7H2,1H3,(H,15,16,17). The van der Waals surface area contributed by atoms with E-state index in [2.05, 4.69) is 38.1 Å². The van der Waals surface area contributed by atoms with Crippen LogP contribution in [0.2, 0.25) is 0 Å². The van der Waals surface area contributed by atoms with Gasteiger partial charge in [-0.05, 0) is 40.6 Å². The topological polar surface area (TPSA) is 37.8 Å². The highest BCUT2D eigenvalue weighted by Gasteiger charge is 2.18. The van der Waals surface area contributed by atoms with E-state index >= 15 is 0 Å². The van der Waals surface area contributed by atoms with E-state index in [1.807, 2.05) is 6.07 Å². The SMILES string of the molecule is CC1CCCC(CCNc2cc(Br)ncn2)C1. The first-order valence-corrected chi connectivity index (χ1v) is 7.25. The Labute approximate surface area is 112 Å². The van der Waals surface area contributed by atoms with E-state index in [9.17, 15) is 0 Å². The van der Waals surface area contributed by atoms with Gasteiger partial charge in [0.1, 0.15) is 16.7 Å². The molecule has 17 heavy (non-hydrogen) atoms. The average molecular weight is 298 g/mol. The molecular formula is C13H20BrN3. The monoisotopic (exact) mass is 297 g/mol. The summed E-state index contributed by atoms with van der Waals surface area (Å²) in [4.78, 5) is 8.20. The van der Waals surface area contributed by atoms with Gasteiger partial charge in [-0.1, -0.05) is 26.2 Å². The average Bonchev–Trinajstić information content (AvgIpc) is 2.29. The summed E-state index contributed by atoms with van der Waals surface area (Å²) in [5, 5.41) is 3.37. The normalized spacial score (nSPS) is 24.6. The molecule has 1 aromatic heterocycles. The Bertz CT molecular complexity index is 356. The molecule has 2 unspecified atom stereocenters. The first-order chi connectivity index (χ1) is 8.24. The Balaban J connectivity index is 1.72. The maximum Gasteiger partial charge on any atom is 0.130 e. The molecule has 2 rings (SSSR count). The lowest BCUT2D eigenvalue weighted by atomic mass is 9.81. The zero-order chi connectivity index (χ0) is 12.1. The van der Waals surface area contributed by atoms with Crippen molar-refractivity contribution < 1.29 is 0 Å². The lowest BCUT2D eigenvalue weighted by molar-refractivity contribution is 0.274. The van der Waals surface area contributed by atoms with Crippen LogP contribution < -0.4 is 5.32 Å². The van der Waals surface area contributed by atoms with Crippen molar-refractivity contribution in [3.8, 4) is 0 Å². The molecule has 0 saturated heterocycles. The number of aromatic nitrogens is 2. The van der Waals surface area contributed by atoms with Crippen molar-refractivity contribution in [1.29, 1.82) is 0 Å². The van der Waals surface area contributed by atoms with Crippen LogP contribution in [0.25, 0.3) is 0 Å². The molecule has 1 N–H and O–H groups in total. The molecule has 0 radical (unpaired) electrons. The number of anilines is 1. The Morgan fingerprint density at radius 2 is 2.29 bits per heavy atom. The fourth-order valence-corrected chi connectivity index (χ4v) is 2.96. The van der Waals surface area contributed by atoms with Crippen LogP contribution in [0.3, 0.4) is 0 Å². The van der Waals surface area contributed by atoms with Crippen LogP contribution in [-0.4, -0.2) is 16.5 Å². The second kappa shape index (κ2) is 6.34. The minimum Gasteiger partial charge on any atom is -0.370 e. The van der Waals surface area contributed by atoms with Crippen LogP contribution in [0.5, 0.6) is 0 Å². The molecule has 1 aromatic rings. The Kier molecular flexibility index (Phi) is 4.77. The Morgan fingerprint density at radius 3 is 3.06 bits per heavy atom. The molecular weight excluding hydrogens is 278 g/mol. The summed E-state index contributed by atoms with van der Waals surface area (Å²) in [6.45, 7) is 3.39. The maximum absolute atomic E-state index is 4.18. The van der Waals surface area contributed by atoms with Gasteiger partial charge in [-0.15, -0.1) is 0 Å². The van der Waals surface area contributed by atoms with E-state index in [0.717, 1.165) is 28.8 Å². The molecule has 0 aromatic carbocycles. The third-order valence-electron chi connectivity index (χ3n) is 3.54. The van der Waals surface area contributed by atoms with Crippen LogP contribution in [0.4, 0.5) is 5.82 Å². The summed E-state index contributed by atoms with van der Waals surface area (Å²) in [6, 6.07) is 1.92.